The molecule has 0 saturated carbocycles. The molecular formula is C12H10F3NO3. The Morgan fingerprint density at radius 2 is 1.84 bits per heavy atom. The van der Waals surface area contributed by atoms with Gasteiger partial charge in [0.25, 0.3) is 0 Å². The van der Waals surface area contributed by atoms with E-state index in [4.69, 9.17) is 5.11 Å². The van der Waals surface area contributed by atoms with Gasteiger partial charge < -0.3 is 10.0 Å². The lowest BCUT2D eigenvalue weighted by atomic mass is 10.1. The van der Waals surface area contributed by atoms with Crippen LogP contribution in [-0.2, 0) is 15.8 Å². The zero-order valence-electron chi connectivity index (χ0n) is 9.65. The van der Waals surface area contributed by atoms with Crippen LogP contribution in [0.2, 0.25) is 0 Å². The van der Waals surface area contributed by atoms with Crippen LogP contribution in [0.5, 0.6) is 0 Å². The fourth-order valence-electron chi connectivity index (χ4n) is 1.95. The minimum Gasteiger partial charge on any atom is -0.481 e. The molecule has 7 heteroatoms. The molecule has 1 fully saturated rings. The quantitative estimate of drug-likeness (QED) is 0.898. The molecule has 0 aliphatic carbocycles. The lowest BCUT2D eigenvalue weighted by Crippen LogP contribution is -2.25. The Hall–Kier alpha value is -2.05. The third-order valence-corrected chi connectivity index (χ3v) is 2.98. The predicted octanol–water partition coefficient (Wildman–Crippen LogP) is 2.14. The Kier molecular flexibility index (Phi) is 3.21. The monoisotopic (exact) mass is 273 g/mol. The zero-order chi connectivity index (χ0) is 14.2. The van der Waals surface area contributed by atoms with Crippen molar-refractivity contribution < 1.29 is 27.9 Å². The number of amides is 1. The minimum atomic E-state index is -4.43. The molecule has 1 saturated heterocycles. The molecule has 0 bridgehead atoms. The highest BCUT2D eigenvalue weighted by atomic mass is 19.4. The minimum absolute atomic E-state index is 0.0144. The second kappa shape index (κ2) is 4.56. The first-order valence-electron chi connectivity index (χ1n) is 5.49. The van der Waals surface area contributed by atoms with Crippen molar-refractivity contribution in [1.82, 2.24) is 0 Å². The van der Waals surface area contributed by atoms with E-state index in [1.54, 1.807) is 0 Å². The fraction of sp³-hybridized carbons (Fsp3) is 0.333. The highest BCUT2D eigenvalue weighted by Gasteiger charge is 2.35. The number of rotatable bonds is 2. The number of alkyl halides is 3. The molecule has 0 radical (unpaired) electrons. The number of halogens is 3. The summed E-state index contributed by atoms with van der Waals surface area (Å²) in [5.41, 5.74) is -0.528. The topological polar surface area (TPSA) is 57.6 Å². The average molecular weight is 273 g/mol. The summed E-state index contributed by atoms with van der Waals surface area (Å²) in [6, 6.07) is 4.09. The highest BCUT2D eigenvalue weighted by molar-refractivity contribution is 5.99. The zero-order valence-corrected chi connectivity index (χ0v) is 9.65. The predicted molar refractivity (Wildman–Crippen MR) is 59.5 cm³/mol. The fourth-order valence-corrected chi connectivity index (χ4v) is 1.95. The molecule has 1 heterocycles. The molecule has 1 atom stereocenters. The summed E-state index contributed by atoms with van der Waals surface area (Å²) in [5.74, 6) is -2.29. The summed E-state index contributed by atoms with van der Waals surface area (Å²) in [6.07, 6.45) is -4.56. The van der Waals surface area contributed by atoms with E-state index in [0.29, 0.717) is 0 Å². The number of carbonyl (C=O) groups excluding carboxylic acids is 1. The van der Waals surface area contributed by atoms with Crippen LogP contribution in [0.15, 0.2) is 24.3 Å². The number of carbonyl (C=O) groups is 2. The SMILES string of the molecule is O=C(O)[C@H]1CC(=O)N(c2ccc(C(F)(F)F)cc2)C1. The van der Waals surface area contributed by atoms with E-state index in [1.807, 2.05) is 0 Å². The first-order chi connectivity index (χ1) is 8.79. The van der Waals surface area contributed by atoms with Crippen molar-refractivity contribution in [2.24, 2.45) is 5.92 Å². The van der Waals surface area contributed by atoms with Crippen LogP contribution in [0, 0.1) is 5.92 Å². The Labute approximate surface area is 106 Å². The number of carboxylic acid groups (broad SMARTS) is 1. The van der Waals surface area contributed by atoms with Gasteiger partial charge in [-0.2, -0.15) is 13.2 Å². The Morgan fingerprint density at radius 1 is 1.26 bits per heavy atom. The standard InChI is InChI=1S/C12H10F3NO3/c13-12(14,15)8-1-3-9(4-2-8)16-6-7(11(18)19)5-10(16)17/h1-4,7H,5-6H2,(H,18,19)/t7-/m0/s1. The van der Waals surface area contributed by atoms with E-state index < -0.39 is 29.5 Å². The Balaban J connectivity index is 2.19. The maximum Gasteiger partial charge on any atom is 0.416 e. The number of aliphatic carboxylic acids is 1. The van der Waals surface area contributed by atoms with Crippen LogP contribution in [0.1, 0.15) is 12.0 Å². The van der Waals surface area contributed by atoms with Crippen molar-refractivity contribution in [3.63, 3.8) is 0 Å². The van der Waals surface area contributed by atoms with E-state index in [2.05, 4.69) is 0 Å². The summed E-state index contributed by atoms with van der Waals surface area (Å²) in [5, 5.41) is 8.82. The molecule has 1 N–H and O–H groups in total. The van der Waals surface area contributed by atoms with Gasteiger partial charge in [0.1, 0.15) is 0 Å². The van der Waals surface area contributed by atoms with Crippen molar-refractivity contribution in [1.29, 1.82) is 0 Å². The van der Waals surface area contributed by atoms with E-state index in [9.17, 15) is 22.8 Å². The van der Waals surface area contributed by atoms with Gasteiger partial charge in [-0.15, -0.1) is 0 Å². The smallest absolute Gasteiger partial charge is 0.416 e. The first-order valence-corrected chi connectivity index (χ1v) is 5.49. The third kappa shape index (κ3) is 2.69. The molecule has 2 rings (SSSR count). The van der Waals surface area contributed by atoms with Crippen LogP contribution in [0.25, 0.3) is 0 Å². The molecule has 1 amide bonds. The van der Waals surface area contributed by atoms with Gasteiger partial charge in [-0.3, -0.25) is 9.59 Å². The Morgan fingerprint density at radius 3 is 2.26 bits per heavy atom. The second-order valence-corrected chi connectivity index (χ2v) is 4.29. The van der Waals surface area contributed by atoms with Gasteiger partial charge in [0, 0.05) is 18.7 Å². The van der Waals surface area contributed by atoms with Gasteiger partial charge >= 0.3 is 12.1 Å². The normalized spacial score (nSPS) is 19.8. The molecule has 0 unspecified atom stereocenters. The van der Waals surface area contributed by atoms with Crippen molar-refractivity contribution in [2.45, 2.75) is 12.6 Å². The molecule has 1 aliphatic heterocycles. The van der Waals surface area contributed by atoms with E-state index >= 15 is 0 Å². The number of hydrogen-bond donors (Lipinski definition) is 1. The third-order valence-electron chi connectivity index (χ3n) is 2.98. The summed E-state index contributed by atoms with van der Waals surface area (Å²) >= 11 is 0. The molecule has 4 nitrogen and oxygen atoms in total. The van der Waals surface area contributed by atoms with Crippen molar-refractivity contribution >= 4 is 17.6 Å². The number of nitrogens with zero attached hydrogens (tertiary/aromatic N) is 1. The van der Waals surface area contributed by atoms with Crippen LogP contribution in [0.3, 0.4) is 0 Å². The Bertz CT molecular complexity index is 510. The van der Waals surface area contributed by atoms with Crippen molar-refractivity contribution in [3.8, 4) is 0 Å². The van der Waals surface area contributed by atoms with Crippen molar-refractivity contribution in [3.05, 3.63) is 29.8 Å². The number of hydrogen-bond acceptors (Lipinski definition) is 2. The average Bonchev–Trinajstić information content (AvgIpc) is 2.70. The van der Waals surface area contributed by atoms with E-state index in [1.165, 1.54) is 17.0 Å². The van der Waals surface area contributed by atoms with Crippen LogP contribution in [-0.4, -0.2) is 23.5 Å². The molecular weight excluding hydrogens is 263 g/mol. The van der Waals surface area contributed by atoms with Gasteiger partial charge in [-0.1, -0.05) is 0 Å². The molecule has 19 heavy (non-hydrogen) atoms. The van der Waals surface area contributed by atoms with Gasteiger partial charge in [0.2, 0.25) is 5.91 Å². The lowest BCUT2D eigenvalue weighted by molar-refractivity contribution is -0.141. The maximum absolute atomic E-state index is 12.4. The second-order valence-electron chi connectivity index (χ2n) is 4.29. The molecule has 1 aromatic carbocycles. The van der Waals surface area contributed by atoms with Gasteiger partial charge in [-0.25, -0.2) is 0 Å². The summed E-state index contributed by atoms with van der Waals surface area (Å²) in [4.78, 5) is 23.6. The number of benzene rings is 1. The molecule has 0 spiro atoms. The maximum atomic E-state index is 12.4. The summed E-state index contributed by atoms with van der Waals surface area (Å²) < 4.78 is 37.1. The van der Waals surface area contributed by atoms with Crippen LogP contribution >= 0.6 is 0 Å². The number of carboxylic acids is 1. The van der Waals surface area contributed by atoms with Crippen LogP contribution in [0.4, 0.5) is 18.9 Å². The largest absolute Gasteiger partial charge is 0.481 e. The first kappa shape index (κ1) is 13.4. The highest BCUT2D eigenvalue weighted by Crippen LogP contribution is 2.32. The van der Waals surface area contributed by atoms with E-state index in [0.717, 1.165) is 12.1 Å². The lowest BCUT2D eigenvalue weighted by Gasteiger charge is -2.17. The summed E-state index contributed by atoms with van der Waals surface area (Å²) in [7, 11) is 0. The number of anilines is 1. The van der Waals surface area contributed by atoms with Gasteiger partial charge in [-0.05, 0) is 24.3 Å². The van der Waals surface area contributed by atoms with Crippen molar-refractivity contribution in [2.75, 3.05) is 11.4 Å². The summed E-state index contributed by atoms with van der Waals surface area (Å²) in [6.45, 7) is -0.0144. The van der Waals surface area contributed by atoms with E-state index in [-0.39, 0.29) is 18.7 Å². The molecule has 1 aliphatic rings. The van der Waals surface area contributed by atoms with Gasteiger partial charge in [0.05, 0.1) is 11.5 Å². The molecule has 102 valence electrons. The molecule has 1 aromatic rings. The van der Waals surface area contributed by atoms with Gasteiger partial charge in [0.15, 0.2) is 0 Å². The molecule has 0 aromatic heterocycles. The van der Waals surface area contributed by atoms with Crippen LogP contribution < -0.4 is 4.90 Å².